The summed E-state index contributed by atoms with van der Waals surface area (Å²) in [5.41, 5.74) is 7.57. The molecule has 3 rings (SSSR count). The van der Waals surface area contributed by atoms with Crippen molar-refractivity contribution in [2.45, 2.75) is 57.6 Å². The van der Waals surface area contributed by atoms with Gasteiger partial charge in [-0.3, -0.25) is 9.59 Å². The lowest BCUT2D eigenvalue weighted by atomic mass is 10.1. The van der Waals surface area contributed by atoms with Gasteiger partial charge in [0.25, 0.3) is 0 Å². The minimum Gasteiger partial charge on any atom is -0.489 e. The van der Waals surface area contributed by atoms with Crippen molar-refractivity contribution in [3.63, 3.8) is 0 Å². The molecule has 0 aromatic heterocycles. The quantitative estimate of drug-likeness (QED) is 0.395. The normalized spacial score (nSPS) is 15.3. The van der Waals surface area contributed by atoms with Crippen molar-refractivity contribution in [1.29, 1.82) is 0 Å². The lowest BCUT2D eigenvalue weighted by Gasteiger charge is -2.23. The fraction of sp³-hybridized carbons (Fsp3) is 0.481. The third-order valence-corrected chi connectivity index (χ3v) is 7.03. The van der Waals surface area contributed by atoms with Gasteiger partial charge in [0, 0.05) is 18.7 Å². The van der Waals surface area contributed by atoms with E-state index in [2.05, 4.69) is 5.32 Å². The number of amides is 2. The lowest BCUT2D eigenvalue weighted by Crippen LogP contribution is -2.41. The Morgan fingerprint density at radius 2 is 1.71 bits per heavy atom. The summed E-state index contributed by atoms with van der Waals surface area (Å²) in [6.45, 7) is 1.97. The number of carbonyl (C=O) groups excluding carboxylic acids is 2. The molecule has 0 spiro atoms. The number of nitrogens with two attached hydrogens (primary N) is 1. The van der Waals surface area contributed by atoms with Gasteiger partial charge in [0.15, 0.2) is 0 Å². The van der Waals surface area contributed by atoms with Gasteiger partial charge in [0.1, 0.15) is 12.4 Å². The Labute approximate surface area is 207 Å². The van der Waals surface area contributed by atoms with Crippen LogP contribution < -0.4 is 15.8 Å². The summed E-state index contributed by atoms with van der Waals surface area (Å²) >= 11 is 1.71. The Hall–Kier alpha value is -2.51. The molecule has 1 saturated heterocycles. The van der Waals surface area contributed by atoms with Crippen LogP contribution in [-0.4, -0.2) is 47.5 Å². The van der Waals surface area contributed by atoms with E-state index in [9.17, 15) is 9.59 Å². The van der Waals surface area contributed by atoms with Crippen LogP contribution in [0, 0.1) is 0 Å². The highest BCUT2D eigenvalue weighted by Gasteiger charge is 2.30. The van der Waals surface area contributed by atoms with Gasteiger partial charge in [-0.1, -0.05) is 61.7 Å². The average molecular weight is 484 g/mol. The Kier molecular flexibility index (Phi) is 11.3. The maximum atomic E-state index is 12.9. The zero-order chi connectivity index (χ0) is 24.0. The fourth-order valence-corrected chi connectivity index (χ4v) is 5.19. The molecule has 1 heterocycles. The number of hydrogen-bond donors (Lipinski definition) is 2. The number of benzene rings is 2. The van der Waals surface area contributed by atoms with Gasteiger partial charge in [-0.15, -0.1) is 11.8 Å². The van der Waals surface area contributed by atoms with Crippen LogP contribution in [0.25, 0.3) is 0 Å². The molecule has 184 valence electrons. The van der Waals surface area contributed by atoms with Gasteiger partial charge in [-0.25, -0.2) is 0 Å². The second-order valence-corrected chi connectivity index (χ2v) is 9.72. The summed E-state index contributed by atoms with van der Waals surface area (Å²) in [7, 11) is 0. The van der Waals surface area contributed by atoms with E-state index in [-0.39, 0.29) is 17.9 Å². The first-order valence-corrected chi connectivity index (χ1v) is 13.4. The highest BCUT2D eigenvalue weighted by molar-refractivity contribution is 7.99. The Bertz CT molecular complexity index is 876. The third-order valence-electron chi connectivity index (χ3n) is 5.95. The largest absolute Gasteiger partial charge is 0.489 e. The van der Waals surface area contributed by atoms with E-state index in [1.807, 2.05) is 59.5 Å². The van der Waals surface area contributed by atoms with Crippen molar-refractivity contribution in [1.82, 2.24) is 10.2 Å². The molecule has 0 saturated carbocycles. The molecule has 1 atom stereocenters. The van der Waals surface area contributed by atoms with E-state index in [0.717, 1.165) is 61.3 Å². The number of rotatable bonds is 14. The first-order valence-electron chi connectivity index (χ1n) is 12.3. The Morgan fingerprint density at radius 3 is 2.47 bits per heavy atom. The fourth-order valence-electron chi connectivity index (χ4n) is 3.96. The standard InChI is InChI=1S/C27H37N3O3S/c28-15-7-2-1-3-8-16-29-26(31)18-24-20-34-21-30(24)27(32)17-22-11-13-25(14-12-22)33-19-23-9-5-4-6-10-23/h4-6,9-14,24H,1-3,7-8,15-21,28H2,(H,29,31). The second-order valence-electron chi connectivity index (χ2n) is 8.72. The molecule has 1 aliphatic rings. The van der Waals surface area contributed by atoms with Crippen LogP contribution in [0.1, 0.15) is 49.7 Å². The maximum Gasteiger partial charge on any atom is 0.227 e. The van der Waals surface area contributed by atoms with Crippen LogP contribution in [0.2, 0.25) is 0 Å². The third kappa shape index (κ3) is 9.03. The molecule has 2 amide bonds. The predicted molar refractivity (Wildman–Crippen MR) is 139 cm³/mol. The van der Waals surface area contributed by atoms with Crippen molar-refractivity contribution in [3.05, 3.63) is 65.7 Å². The van der Waals surface area contributed by atoms with E-state index in [0.29, 0.717) is 31.9 Å². The highest BCUT2D eigenvalue weighted by Crippen LogP contribution is 2.24. The molecule has 0 bridgehead atoms. The average Bonchev–Trinajstić information content (AvgIpc) is 3.32. The molecule has 2 aromatic carbocycles. The number of nitrogens with zero attached hydrogens (tertiary/aromatic N) is 1. The Balaban J connectivity index is 1.38. The number of unbranched alkanes of at least 4 members (excludes halogenated alkanes) is 4. The summed E-state index contributed by atoms with van der Waals surface area (Å²) in [6, 6.07) is 17.7. The molecule has 1 unspecified atom stereocenters. The van der Waals surface area contributed by atoms with Crippen molar-refractivity contribution < 1.29 is 14.3 Å². The summed E-state index contributed by atoms with van der Waals surface area (Å²) in [4.78, 5) is 27.2. The first kappa shape index (κ1) is 26.1. The summed E-state index contributed by atoms with van der Waals surface area (Å²) in [6.07, 6.45) is 6.20. The van der Waals surface area contributed by atoms with Crippen molar-refractivity contribution in [3.8, 4) is 5.75 Å². The van der Waals surface area contributed by atoms with E-state index < -0.39 is 0 Å². The van der Waals surface area contributed by atoms with Gasteiger partial charge in [0.05, 0.1) is 18.3 Å². The topological polar surface area (TPSA) is 84.7 Å². The molecule has 3 N–H and O–H groups in total. The van der Waals surface area contributed by atoms with Gasteiger partial charge in [-0.05, 0) is 42.6 Å². The van der Waals surface area contributed by atoms with Crippen molar-refractivity contribution in [2.24, 2.45) is 5.73 Å². The molecule has 6 nitrogen and oxygen atoms in total. The molecule has 34 heavy (non-hydrogen) atoms. The molecule has 1 fully saturated rings. The Morgan fingerprint density at radius 1 is 0.971 bits per heavy atom. The van der Waals surface area contributed by atoms with Gasteiger partial charge < -0.3 is 20.7 Å². The zero-order valence-electron chi connectivity index (χ0n) is 19.9. The van der Waals surface area contributed by atoms with Crippen LogP contribution in [0.15, 0.2) is 54.6 Å². The second kappa shape index (κ2) is 14.7. The number of carbonyl (C=O) groups is 2. The summed E-state index contributed by atoms with van der Waals surface area (Å²) in [5, 5.41) is 3.01. The monoisotopic (exact) mass is 483 g/mol. The van der Waals surface area contributed by atoms with Gasteiger partial charge in [-0.2, -0.15) is 0 Å². The van der Waals surface area contributed by atoms with E-state index >= 15 is 0 Å². The summed E-state index contributed by atoms with van der Waals surface area (Å²) < 4.78 is 5.83. The highest BCUT2D eigenvalue weighted by atomic mass is 32.2. The number of hydrogen-bond acceptors (Lipinski definition) is 5. The molecule has 1 aliphatic heterocycles. The van der Waals surface area contributed by atoms with E-state index in [1.54, 1.807) is 11.8 Å². The van der Waals surface area contributed by atoms with Gasteiger partial charge in [0.2, 0.25) is 11.8 Å². The van der Waals surface area contributed by atoms with Crippen LogP contribution in [0.5, 0.6) is 5.75 Å². The lowest BCUT2D eigenvalue weighted by molar-refractivity contribution is -0.132. The smallest absolute Gasteiger partial charge is 0.227 e. The minimum atomic E-state index is -0.0319. The van der Waals surface area contributed by atoms with Crippen molar-refractivity contribution in [2.75, 3.05) is 24.7 Å². The minimum absolute atomic E-state index is 0.0319. The summed E-state index contributed by atoms with van der Waals surface area (Å²) in [5.74, 6) is 2.35. The predicted octanol–water partition coefficient (Wildman–Crippen LogP) is 4.13. The molecule has 0 aliphatic carbocycles. The zero-order valence-corrected chi connectivity index (χ0v) is 20.7. The van der Waals surface area contributed by atoms with Gasteiger partial charge >= 0.3 is 0 Å². The van der Waals surface area contributed by atoms with Crippen LogP contribution >= 0.6 is 11.8 Å². The molecular weight excluding hydrogens is 446 g/mol. The van der Waals surface area contributed by atoms with E-state index in [1.165, 1.54) is 0 Å². The van der Waals surface area contributed by atoms with E-state index in [4.69, 9.17) is 10.5 Å². The molecular formula is C27H37N3O3S. The SMILES string of the molecule is NCCCCCCCNC(=O)CC1CSCN1C(=O)Cc1ccc(OCc2ccccc2)cc1. The van der Waals surface area contributed by atoms with Crippen molar-refractivity contribution >= 4 is 23.6 Å². The van der Waals surface area contributed by atoms with Crippen LogP contribution in [0.4, 0.5) is 0 Å². The molecule has 7 heteroatoms. The maximum absolute atomic E-state index is 12.9. The number of thioether (sulfide) groups is 1. The molecule has 0 radical (unpaired) electrons. The van der Waals surface area contributed by atoms with Crippen LogP contribution in [-0.2, 0) is 22.6 Å². The van der Waals surface area contributed by atoms with Crippen LogP contribution in [0.3, 0.4) is 0 Å². The number of ether oxygens (including phenoxy) is 1. The first-order chi connectivity index (χ1) is 16.7. The molecule has 2 aromatic rings. The number of nitrogens with one attached hydrogen (secondary N) is 1.